The van der Waals surface area contributed by atoms with Crippen LogP contribution in [0.15, 0.2) is 24.8 Å². The van der Waals surface area contributed by atoms with Gasteiger partial charge in [0.25, 0.3) is 0 Å². The number of carbonyl (C=O) groups is 1. The summed E-state index contributed by atoms with van der Waals surface area (Å²) in [4.78, 5) is 11.7. The van der Waals surface area contributed by atoms with Gasteiger partial charge in [-0.25, -0.2) is 0 Å². The molecule has 0 aromatic heterocycles. The number of methoxy groups -OCH3 is 1. The number of ether oxygens (including phenoxy) is 1. The molecule has 114 valence electrons. The fraction of sp³-hybridized carbons (Fsp3) is 0.438. The number of nitrogens with one attached hydrogen (secondary N) is 2. The Bertz CT molecular complexity index is 549. The van der Waals surface area contributed by atoms with Crippen LogP contribution in [0.4, 0.5) is 11.4 Å². The zero-order valence-corrected chi connectivity index (χ0v) is 12.7. The SMILES string of the molecule is C=CC(=O)Nc1cc(N)c(OC)cc1C1(C)CCNCC1. The van der Waals surface area contributed by atoms with E-state index in [4.69, 9.17) is 10.5 Å². The van der Waals surface area contributed by atoms with Gasteiger partial charge in [0.1, 0.15) is 5.75 Å². The number of carbonyl (C=O) groups excluding carboxylic acids is 1. The number of piperidine rings is 1. The molecule has 2 rings (SSSR count). The first-order valence-electron chi connectivity index (χ1n) is 7.12. The zero-order valence-electron chi connectivity index (χ0n) is 12.7. The maximum absolute atomic E-state index is 11.7. The third kappa shape index (κ3) is 3.19. The second-order valence-electron chi connectivity index (χ2n) is 5.64. The van der Waals surface area contributed by atoms with Gasteiger partial charge in [0.15, 0.2) is 0 Å². The van der Waals surface area contributed by atoms with Crippen molar-refractivity contribution >= 4 is 17.3 Å². The summed E-state index contributed by atoms with van der Waals surface area (Å²) in [5.74, 6) is 0.403. The van der Waals surface area contributed by atoms with Gasteiger partial charge < -0.3 is 21.1 Å². The van der Waals surface area contributed by atoms with Crippen LogP contribution in [0.5, 0.6) is 5.75 Å². The van der Waals surface area contributed by atoms with Crippen LogP contribution in [0.2, 0.25) is 0 Å². The van der Waals surface area contributed by atoms with Crippen molar-refractivity contribution in [3.8, 4) is 5.75 Å². The first kappa shape index (κ1) is 15.4. The van der Waals surface area contributed by atoms with E-state index in [1.807, 2.05) is 6.07 Å². The molecular weight excluding hydrogens is 266 g/mol. The molecule has 1 fully saturated rings. The number of nitrogen functional groups attached to an aromatic ring is 1. The summed E-state index contributed by atoms with van der Waals surface area (Å²) in [6.45, 7) is 7.62. The highest BCUT2D eigenvalue weighted by Crippen LogP contribution is 2.41. The molecule has 1 amide bonds. The van der Waals surface area contributed by atoms with Gasteiger partial charge in [-0.2, -0.15) is 0 Å². The molecule has 5 nitrogen and oxygen atoms in total. The van der Waals surface area contributed by atoms with Crippen LogP contribution in [0, 0.1) is 0 Å². The van der Waals surface area contributed by atoms with Gasteiger partial charge in [-0.15, -0.1) is 0 Å². The minimum Gasteiger partial charge on any atom is -0.495 e. The van der Waals surface area contributed by atoms with E-state index in [0.717, 1.165) is 37.2 Å². The summed E-state index contributed by atoms with van der Waals surface area (Å²) in [6, 6.07) is 3.71. The van der Waals surface area contributed by atoms with Crippen LogP contribution in [-0.2, 0) is 10.2 Å². The standard InChI is InChI=1S/C16H23N3O2/c1-4-15(20)19-13-10-12(17)14(21-3)9-11(13)16(2)5-7-18-8-6-16/h4,9-10,18H,1,5-8,17H2,2-3H3,(H,19,20). The average molecular weight is 289 g/mol. The van der Waals surface area contributed by atoms with Crippen LogP contribution in [0.25, 0.3) is 0 Å². The molecule has 1 aliphatic rings. The minimum absolute atomic E-state index is 0.0178. The van der Waals surface area contributed by atoms with E-state index in [2.05, 4.69) is 24.1 Å². The van der Waals surface area contributed by atoms with Crippen molar-refractivity contribution in [1.29, 1.82) is 0 Å². The molecule has 0 bridgehead atoms. The summed E-state index contributed by atoms with van der Waals surface area (Å²) in [6.07, 6.45) is 3.25. The van der Waals surface area contributed by atoms with E-state index < -0.39 is 0 Å². The Balaban J connectivity index is 2.49. The van der Waals surface area contributed by atoms with E-state index in [-0.39, 0.29) is 11.3 Å². The van der Waals surface area contributed by atoms with E-state index in [9.17, 15) is 4.79 Å². The lowest BCUT2D eigenvalue weighted by atomic mass is 9.74. The van der Waals surface area contributed by atoms with E-state index in [1.165, 1.54) is 6.08 Å². The number of benzene rings is 1. The molecule has 4 N–H and O–H groups in total. The van der Waals surface area contributed by atoms with Crippen molar-refractivity contribution in [2.24, 2.45) is 0 Å². The summed E-state index contributed by atoms with van der Waals surface area (Å²) < 4.78 is 5.33. The molecule has 5 heteroatoms. The van der Waals surface area contributed by atoms with Gasteiger partial charge in [-0.3, -0.25) is 4.79 Å². The zero-order chi connectivity index (χ0) is 15.5. The fourth-order valence-corrected chi connectivity index (χ4v) is 2.81. The van der Waals surface area contributed by atoms with Gasteiger partial charge in [0.05, 0.1) is 12.8 Å². The molecule has 0 radical (unpaired) electrons. The van der Waals surface area contributed by atoms with Crippen molar-refractivity contribution in [2.75, 3.05) is 31.2 Å². The van der Waals surface area contributed by atoms with Crippen LogP contribution in [0.1, 0.15) is 25.3 Å². The molecule has 1 saturated heterocycles. The molecule has 0 saturated carbocycles. The van der Waals surface area contributed by atoms with E-state index >= 15 is 0 Å². The second-order valence-corrected chi connectivity index (χ2v) is 5.64. The summed E-state index contributed by atoms with van der Waals surface area (Å²) in [5, 5.41) is 6.22. The third-order valence-electron chi connectivity index (χ3n) is 4.17. The van der Waals surface area contributed by atoms with Gasteiger partial charge >= 0.3 is 0 Å². The first-order chi connectivity index (χ1) is 10.00. The van der Waals surface area contributed by atoms with E-state index in [0.29, 0.717) is 11.4 Å². The van der Waals surface area contributed by atoms with Gasteiger partial charge in [-0.1, -0.05) is 13.5 Å². The third-order valence-corrected chi connectivity index (χ3v) is 4.17. The topological polar surface area (TPSA) is 76.4 Å². The maximum Gasteiger partial charge on any atom is 0.247 e. The fourth-order valence-electron chi connectivity index (χ4n) is 2.81. The molecule has 0 aliphatic carbocycles. The second kappa shape index (κ2) is 6.18. The summed E-state index contributed by atoms with van der Waals surface area (Å²) in [7, 11) is 1.60. The van der Waals surface area contributed by atoms with Crippen LogP contribution in [-0.4, -0.2) is 26.1 Å². The van der Waals surface area contributed by atoms with Crippen LogP contribution in [0.3, 0.4) is 0 Å². The molecule has 21 heavy (non-hydrogen) atoms. The molecule has 0 spiro atoms. The maximum atomic E-state index is 11.7. The number of amides is 1. The van der Waals surface area contributed by atoms with Crippen molar-refractivity contribution in [2.45, 2.75) is 25.2 Å². The molecule has 1 heterocycles. The summed E-state index contributed by atoms with van der Waals surface area (Å²) in [5.41, 5.74) is 8.27. The molecule has 1 aromatic carbocycles. The van der Waals surface area contributed by atoms with Gasteiger partial charge in [0, 0.05) is 5.69 Å². The quantitative estimate of drug-likeness (QED) is 0.585. The van der Waals surface area contributed by atoms with Crippen molar-refractivity contribution in [1.82, 2.24) is 5.32 Å². The molecule has 0 atom stereocenters. The highest BCUT2D eigenvalue weighted by molar-refractivity contribution is 6.00. The number of rotatable bonds is 4. The Morgan fingerprint density at radius 1 is 1.48 bits per heavy atom. The summed E-state index contributed by atoms with van der Waals surface area (Å²) >= 11 is 0. The van der Waals surface area contributed by atoms with Crippen molar-refractivity contribution in [3.05, 3.63) is 30.4 Å². The smallest absolute Gasteiger partial charge is 0.247 e. The first-order valence-corrected chi connectivity index (χ1v) is 7.12. The molecule has 0 unspecified atom stereocenters. The Morgan fingerprint density at radius 3 is 2.71 bits per heavy atom. The Hall–Kier alpha value is -2.01. The van der Waals surface area contributed by atoms with E-state index in [1.54, 1.807) is 13.2 Å². The Labute approximate surface area is 125 Å². The monoisotopic (exact) mass is 289 g/mol. The van der Waals surface area contributed by atoms with Crippen molar-refractivity contribution < 1.29 is 9.53 Å². The highest BCUT2D eigenvalue weighted by Gasteiger charge is 2.32. The van der Waals surface area contributed by atoms with Gasteiger partial charge in [-0.05, 0) is 55.1 Å². The lowest BCUT2D eigenvalue weighted by Crippen LogP contribution is -2.38. The highest BCUT2D eigenvalue weighted by atomic mass is 16.5. The normalized spacial score (nSPS) is 17.0. The van der Waals surface area contributed by atoms with Crippen LogP contribution < -0.4 is 21.1 Å². The Morgan fingerprint density at radius 2 is 2.14 bits per heavy atom. The van der Waals surface area contributed by atoms with Crippen LogP contribution >= 0.6 is 0 Å². The lowest BCUT2D eigenvalue weighted by molar-refractivity contribution is -0.111. The van der Waals surface area contributed by atoms with Crippen molar-refractivity contribution in [3.63, 3.8) is 0 Å². The molecule has 1 aliphatic heterocycles. The Kier molecular flexibility index (Phi) is 4.53. The number of nitrogens with two attached hydrogens (primary N) is 1. The predicted octanol–water partition coefficient (Wildman–Crippen LogP) is 2.04. The lowest BCUT2D eigenvalue weighted by Gasteiger charge is -2.36. The number of anilines is 2. The molecular formula is C16H23N3O2. The minimum atomic E-state index is -0.238. The largest absolute Gasteiger partial charge is 0.495 e. The molecule has 1 aromatic rings. The number of hydrogen-bond acceptors (Lipinski definition) is 4. The average Bonchev–Trinajstić information content (AvgIpc) is 2.47. The number of hydrogen-bond donors (Lipinski definition) is 3. The van der Waals surface area contributed by atoms with Gasteiger partial charge in [0.2, 0.25) is 5.91 Å². The predicted molar refractivity (Wildman–Crippen MR) is 85.7 cm³/mol.